The van der Waals surface area contributed by atoms with E-state index in [2.05, 4.69) is 14.8 Å². The first-order chi connectivity index (χ1) is 11.2. The van der Waals surface area contributed by atoms with E-state index in [1.54, 1.807) is 21.8 Å². The average molecular weight is 332 g/mol. The molecule has 0 amide bonds. The number of nitrogens with zero attached hydrogens (tertiary/aromatic N) is 4. The van der Waals surface area contributed by atoms with Gasteiger partial charge in [0.15, 0.2) is 4.96 Å². The Bertz CT molecular complexity index is 739. The van der Waals surface area contributed by atoms with E-state index in [-0.39, 0.29) is 5.56 Å². The molecule has 5 nitrogen and oxygen atoms in total. The van der Waals surface area contributed by atoms with Crippen LogP contribution in [0, 0.1) is 6.92 Å². The predicted molar refractivity (Wildman–Crippen MR) is 93.2 cm³/mol. The van der Waals surface area contributed by atoms with Gasteiger partial charge in [-0.25, -0.2) is 4.98 Å². The number of rotatable bonds is 3. The molecule has 0 bridgehead atoms. The van der Waals surface area contributed by atoms with Crippen LogP contribution in [0.5, 0.6) is 0 Å². The third kappa shape index (κ3) is 3.07. The number of aryl methyl sites for hydroxylation is 1. The Kier molecular flexibility index (Phi) is 4.22. The Balaban J connectivity index is 1.42. The molecule has 0 aromatic carbocycles. The van der Waals surface area contributed by atoms with Crippen LogP contribution in [0.3, 0.4) is 0 Å². The lowest BCUT2D eigenvalue weighted by atomic mass is 10.2. The molecule has 2 aromatic heterocycles. The number of piperazine rings is 1. The summed E-state index contributed by atoms with van der Waals surface area (Å²) in [5.74, 6) is 0. The van der Waals surface area contributed by atoms with Crippen molar-refractivity contribution in [3.8, 4) is 0 Å². The maximum atomic E-state index is 12.3. The van der Waals surface area contributed by atoms with Crippen LogP contribution in [0.25, 0.3) is 4.96 Å². The first-order valence-electron chi connectivity index (χ1n) is 8.64. The Hall–Kier alpha value is -1.24. The lowest BCUT2D eigenvalue weighted by Crippen LogP contribution is -2.49. The number of aromatic nitrogens is 2. The summed E-state index contributed by atoms with van der Waals surface area (Å²) in [6.07, 6.45) is 5.57. The Morgan fingerprint density at radius 1 is 1.22 bits per heavy atom. The first-order valence-corrected chi connectivity index (χ1v) is 9.52. The van der Waals surface area contributed by atoms with Gasteiger partial charge in [-0.05, 0) is 19.8 Å². The first kappa shape index (κ1) is 15.3. The number of hydrogen-bond acceptors (Lipinski definition) is 5. The minimum atomic E-state index is 0.0494. The lowest BCUT2D eigenvalue weighted by Gasteiger charge is -2.37. The second-order valence-corrected chi connectivity index (χ2v) is 7.67. The monoisotopic (exact) mass is 332 g/mol. The second-order valence-electron chi connectivity index (χ2n) is 6.83. The summed E-state index contributed by atoms with van der Waals surface area (Å²) < 4.78 is 1.70. The number of fused-ring (bicyclic) bond motifs is 1. The van der Waals surface area contributed by atoms with Gasteiger partial charge in [-0.1, -0.05) is 12.8 Å². The van der Waals surface area contributed by atoms with Gasteiger partial charge in [0.25, 0.3) is 5.56 Å². The molecular formula is C17H24N4OS. The summed E-state index contributed by atoms with van der Waals surface area (Å²) in [5, 5.41) is 1.99. The standard InChI is InChI=1S/C17H24N4OS/c1-13-12-23-17-18-14(10-16(22)21(13)17)11-19-6-8-20(9-7-19)15-4-2-3-5-15/h10,12,15H,2-9,11H2,1H3. The van der Waals surface area contributed by atoms with E-state index in [1.807, 2.05) is 12.3 Å². The molecule has 3 heterocycles. The fraction of sp³-hybridized carbons (Fsp3) is 0.647. The van der Waals surface area contributed by atoms with Gasteiger partial charge in [0.2, 0.25) is 0 Å². The van der Waals surface area contributed by atoms with Crippen LogP contribution >= 0.6 is 11.3 Å². The maximum Gasteiger partial charge on any atom is 0.259 e. The van der Waals surface area contributed by atoms with Crippen LogP contribution in [-0.4, -0.2) is 51.4 Å². The van der Waals surface area contributed by atoms with Gasteiger partial charge in [-0.15, -0.1) is 11.3 Å². The molecule has 2 aromatic rings. The van der Waals surface area contributed by atoms with Gasteiger partial charge < -0.3 is 0 Å². The maximum absolute atomic E-state index is 12.3. The SMILES string of the molecule is Cc1csc2nc(CN3CCN(C4CCCC4)CC3)cc(=O)n12. The summed E-state index contributed by atoms with van der Waals surface area (Å²) in [6, 6.07) is 2.53. The van der Waals surface area contributed by atoms with Crippen LogP contribution in [0.4, 0.5) is 0 Å². The minimum Gasteiger partial charge on any atom is -0.298 e. The smallest absolute Gasteiger partial charge is 0.259 e. The van der Waals surface area contributed by atoms with Gasteiger partial charge >= 0.3 is 0 Å². The Labute approximate surface area is 140 Å². The van der Waals surface area contributed by atoms with Crippen molar-refractivity contribution in [3.05, 3.63) is 33.2 Å². The predicted octanol–water partition coefficient (Wildman–Crippen LogP) is 2.12. The zero-order valence-corrected chi connectivity index (χ0v) is 14.5. The normalized spacial score (nSPS) is 21.4. The molecule has 4 rings (SSSR count). The molecule has 1 saturated carbocycles. The molecule has 0 unspecified atom stereocenters. The highest BCUT2D eigenvalue weighted by atomic mass is 32.1. The highest BCUT2D eigenvalue weighted by molar-refractivity contribution is 7.15. The molecule has 0 atom stereocenters. The van der Waals surface area contributed by atoms with Crippen molar-refractivity contribution >= 4 is 16.3 Å². The van der Waals surface area contributed by atoms with Crippen molar-refractivity contribution in [3.63, 3.8) is 0 Å². The van der Waals surface area contributed by atoms with Crippen LogP contribution in [0.2, 0.25) is 0 Å². The lowest BCUT2D eigenvalue weighted by molar-refractivity contribution is 0.0930. The molecule has 23 heavy (non-hydrogen) atoms. The van der Waals surface area contributed by atoms with Gasteiger partial charge in [0.05, 0.1) is 5.69 Å². The van der Waals surface area contributed by atoms with Crippen LogP contribution in [0.1, 0.15) is 37.1 Å². The molecular weight excluding hydrogens is 308 g/mol. The van der Waals surface area contributed by atoms with E-state index < -0.39 is 0 Å². The van der Waals surface area contributed by atoms with Crippen molar-refractivity contribution in [2.24, 2.45) is 0 Å². The highest BCUT2D eigenvalue weighted by Crippen LogP contribution is 2.24. The molecule has 1 aliphatic carbocycles. The van der Waals surface area contributed by atoms with E-state index >= 15 is 0 Å². The number of thiazole rings is 1. The third-order valence-corrected chi connectivity index (χ3v) is 6.21. The van der Waals surface area contributed by atoms with Gasteiger partial charge in [0, 0.05) is 55.9 Å². The van der Waals surface area contributed by atoms with Crippen molar-refractivity contribution < 1.29 is 0 Å². The minimum absolute atomic E-state index is 0.0494. The Morgan fingerprint density at radius 2 is 1.96 bits per heavy atom. The van der Waals surface area contributed by atoms with Gasteiger partial charge in [-0.2, -0.15) is 0 Å². The van der Waals surface area contributed by atoms with Crippen LogP contribution in [-0.2, 0) is 6.54 Å². The average Bonchev–Trinajstić information content (AvgIpc) is 3.18. The topological polar surface area (TPSA) is 40.9 Å². The molecule has 1 saturated heterocycles. The molecule has 1 aliphatic heterocycles. The zero-order chi connectivity index (χ0) is 15.8. The number of hydrogen-bond donors (Lipinski definition) is 0. The van der Waals surface area contributed by atoms with E-state index in [1.165, 1.54) is 25.7 Å². The van der Waals surface area contributed by atoms with Crippen molar-refractivity contribution in [2.45, 2.75) is 45.2 Å². The van der Waals surface area contributed by atoms with E-state index in [4.69, 9.17) is 0 Å². The van der Waals surface area contributed by atoms with E-state index in [9.17, 15) is 4.79 Å². The fourth-order valence-corrected chi connectivity index (χ4v) is 4.86. The van der Waals surface area contributed by atoms with Crippen LogP contribution < -0.4 is 5.56 Å². The summed E-state index contributed by atoms with van der Waals surface area (Å²) in [5.41, 5.74) is 1.93. The molecule has 124 valence electrons. The summed E-state index contributed by atoms with van der Waals surface area (Å²) in [4.78, 5) is 22.8. The van der Waals surface area contributed by atoms with E-state index in [0.717, 1.165) is 55.1 Å². The quantitative estimate of drug-likeness (QED) is 0.863. The van der Waals surface area contributed by atoms with Crippen LogP contribution in [0.15, 0.2) is 16.2 Å². The second kappa shape index (κ2) is 6.34. The summed E-state index contributed by atoms with van der Waals surface area (Å²) >= 11 is 1.55. The van der Waals surface area contributed by atoms with Gasteiger partial charge in [0.1, 0.15) is 0 Å². The van der Waals surface area contributed by atoms with Crippen molar-refractivity contribution in [1.29, 1.82) is 0 Å². The van der Waals surface area contributed by atoms with Crippen molar-refractivity contribution in [1.82, 2.24) is 19.2 Å². The highest BCUT2D eigenvalue weighted by Gasteiger charge is 2.26. The molecule has 2 aliphatic rings. The molecule has 0 radical (unpaired) electrons. The fourth-order valence-electron chi connectivity index (χ4n) is 3.97. The van der Waals surface area contributed by atoms with E-state index in [0.29, 0.717) is 0 Å². The molecule has 0 spiro atoms. The largest absolute Gasteiger partial charge is 0.298 e. The molecule has 6 heteroatoms. The van der Waals surface area contributed by atoms with Crippen molar-refractivity contribution in [2.75, 3.05) is 26.2 Å². The molecule has 0 N–H and O–H groups in total. The third-order valence-electron chi connectivity index (χ3n) is 5.26. The summed E-state index contributed by atoms with van der Waals surface area (Å²) in [7, 11) is 0. The molecule has 2 fully saturated rings. The Morgan fingerprint density at radius 3 is 2.70 bits per heavy atom. The zero-order valence-electron chi connectivity index (χ0n) is 13.7. The van der Waals surface area contributed by atoms with Gasteiger partial charge in [-0.3, -0.25) is 19.0 Å². The summed E-state index contributed by atoms with van der Waals surface area (Å²) in [6.45, 7) is 7.23.